The van der Waals surface area contributed by atoms with Crippen LogP contribution in [0.3, 0.4) is 0 Å². The molecule has 5 nitrogen and oxygen atoms in total. The lowest BCUT2D eigenvalue weighted by molar-refractivity contribution is -0.127. The van der Waals surface area contributed by atoms with Gasteiger partial charge in [0.05, 0.1) is 5.60 Å². The van der Waals surface area contributed by atoms with Crippen molar-refractivity contribution in [3.05, 3.63) is 42.0 Å². The van der Waals surface area contributed by atoms with E-state index in [0.717, 1.165) is 18.4 Å². The molecule has 5 heteroatoms. The van der Waals surface area contributed by atoms with E-state index in [9.17, 15) is 14.7 Å². The van der Waals surface area contributed by atoms with Gasteiger partial charge in [-0.2, -0.15) is 0 Å². The number of hydrogen-bond acceptors (Lipinski definition) is 3. The fourth-order valence-corrected chi connectivity index (χ4v) is 2.68. The van der Waals surface area contributed by atoms with Gasteiger partial charge in [0.25, 0.3) is 0 Å². The summed E-state index contributed by atoms with van der Waals surface area (Å²) in [5, 5.41) is 15.5. The van der Waals surface area contributed by atoms with Crippen molar-refractivity contribution in [3.8, 4) is 0 Å². The number of hydrogen-bond donors (Lipinski definition) is 3. The van der Waals surface area contributed by atoms with Crippen molar-refractivity contribution in [2.24, 2.45) is 0 Å². The molecule has 3 N–H and O–H groups in total. The van der Waals surface area contributed by atoms with Crippen molar-refractivity contribution < 1.29 is 14.7 Å². The predicted molar refractivity (Wildman–Crippen MR) is 89.5 cm³/mol. The minimum absolute atomic E-state index is 0.242. The van der Waals surface area contributed by atoms with Crippen molar-refractivity contribution in [1.82, 2.24) is 10.6 Å². The first-order chi connectivity index (χ1) is 11.0. The second-order valence-electron chi connectivity index (χ2n) is 6.12. The van der Waals surface area contributed by atoms with Crippen LogP contribution in [-0.2, 0) is 9.59 Å². The summed E-state index contributed by atoms with van der Waals surface area (Å²) < 4.78 is 0. The smallest absolute Gasteiger partial charge is 0.244 e. The normalized spacial score (nSPS) is 17.8. The van der Waals surface area contributed by atoms with Crippen molar-refractivity contribution in [2.75, 3.05) is 6.54 Å². The summed E-state index contributed by atoms with van der Waals surface area (Å²) in [7, 11) is 0. The minimum Gasteiger partial charge on any atom is -0.388 e. The van der Waals surface area contributed by atoms with Crippen LogP contribution >= 0.6 is 0 Å². The molecular weight excluding hydrogens is 292 g/mol. The van der Waals surface area contributed by atoms with Gasteiger partial charge in [-0.15, -0.1) is 0 Å². The average Bonchev–Trinajstić information content (AvgIpc) is 2.98. The first kappa shape index (κ1) is 17.2. The quantitative estimate of drug-likeness (QED) is 0.698. The van der Waals surface area contributed by atoms with Crippen molar-refractivity contribution in [3.63, 3.8) is 0 Å². The molecule has 1 saturated carbocycles. The van der Waals surface area contributed by atoms with E-state index in [0.29, 0.717) is 12.8 Å². The molecular formula is C18H24N2O3. The topological polar surface area (TPSA) is 78.4 Å². The zero-order valence-corrected chi connectivity index (χ0v) is 13.4. The third kappa shape index (κ3) is 5.53. The number of rotatable bonds is 6. The Bertz CT molecular complexity index is 563. The van der Waals surface area contributed by atoms with Crippen molar-refractivity contribution >= 4 is 17.9 Å². The molecule has 2 rings (SSSR count). The fourth-order valence-electron chi connectivity index (χ4n) is 2.68. The lowest BCUT2D eigenvalue weighted by Crippen LogP contribution is -2.48. The molecule has 0 heterocycles. The Hall–Kier alpha value is -2.14. The summed E-state index contributed by atoms with van der Waals surface area (Å²) >= 11 is 0. The highest BCUT2D eigenvalue weighted by Crippen LogP contribution is 2.28. The van der Waals surface area contributed by atoms with Gasteiger partial charge in [-0.25, -0.2) is 0 Å². The van der Waals surface area contributed by atoms with Gasteiger partial charge in [0.15, 0.2) is 0 Å². The molecule has 0 aliphatic heterocycles. The summed E-state index contributed by atoms with van der Waals surface area (Å²) in [6, 6.07) is 8.82. The van der Waals surface area contributed by atoms with Gasteiger partial charge in [-0.05, 0) is 31.4 Å². The molecule has 1 fully saturated rings. The molecule has 0 spiro atoms. The molecule has 1 unspecified atom stereocenters. The van der Waals surface area contributed by atoms with Gasteiger partial charge in [0, 0.05) is 12.6 Å². The van der Waals surface area contributed by atoms with Crippen LogP contribution in [0.5, 0.6) is 0 Å². The highest BCUT2D eigenvalue weighted by molar-refractivity contribution is 5.95. The van der Waals surface area contributed by atoms with E-state index in [4.69, 9.17) is 0 Å². The van der Waals surface area contributed by atoms with Crippen LogP contribution in [0.15, 0.2) is 36.4 Å². The highest BCUT2D eigenvalue weighted by Gasteiger charge is 2.31. The van der Waals surface area contributed by atoms with Gasteiger partial charge < -0.3 is 15.7 Å². The molecule has 1 atom stereocenters. The van der Waals surface area contributed by atoms with E-state index in [2.05, 4.69) is 10.6 Å². The van der Waals surface area contributed by atoms with E-state index < -0.39 is 11.6 Å². The van der Waals surface area contributed by atoms with Gasteiger partial charge in [-0.1, -0.05) is 43.2 Å². The second-order valence-corrected chi connectivity index (χ2v) is 6.12. The number of aliphatic hydroxyl groups is 1. The van der Waals surface area contributed by atoms with Crippen LogP contribution in [0.25, 0.3) is 6.08 Å². The Morgan fingerprint density at radius 2 is 1.91 bits per heavy atom. The Morgan fingerprint density at radius 3 is 2.57 bits per heavy atom. The lowest BCUT2D eigenvalue weighted by atomic mass is 10.0. The van der Waals surface area contributed by atoms with E-state index in [1.54, 1.807) is 13.0 Å². The molecule has 1 aromatic carbocycles. The predicted octanol–water partition coefficient (Wildman–Crippen LogP) is 1.63. The highest BCUT2D eigenvalue weighted by atomic mass is 16.3. The van der Waals surface area contributed by atoms with Gasteiger partial charge in [0.2, 0.25) is 11.8 Å². The molecule has 0 radical (unpaired) electrons. The number of amides is 2. The van der Waals surface area contributed by atoms with Gasteiger partial charge in [0.1, 0.15) is 6.04 Å². The average molecular weight is 316 g/mol. The molecule has 2 amide bonds. The van der Waals surface area contributed by atoms with Crippen LogP contribution < -0.4 is 10.6 Å². The maximum atomic E-state index is 12.0. The molecule has 0 bridgehead atoms. The van der Waals surface area contributed by atoms with E-state index >= 15 is 0 Å². The first-order valence-electron chi connectivity index (χ1n) is 8.02. The van der Waals surface area contributed by atoms with Crippen molar-refractivity contribution in [1.29, 1.82) is 0 Å². The summed E-state index contributed by atoms with van der Waals surface area (Å²) in [6.45, 7) is 1.87. The van der Waals surface area contributed by atoms with E-state index in [-0.39, 0.29) is 18.4 Å². The first-order valence-corrected chi connectivity index (χ1v) is 8.02. The monoisotopic (exact) mass is 316 g/mol. The number of carbonyl (C=O) groups excluding carboxylic acids is 2. The molecule has 0 saturated heterocycles. The van der Waals surface area contributed by atoms with Crippen LogP contribution in [0, 0.1) is 0 Å². The Morgan fingerprint density at radius 1 is 1.26 bits per heavy atom. The zero-order chi connectivity index (χ0) is 16.7. The Labute approximate surface area is 136 Å². The summed E-state index contributed by atoms with van der Waals surface area (Å²) in [5.41, 5.74) is 0.135. The standard InChI is InChI=1S/C18H24N2O3/c1-14(17(22)19-13-18(23)11-5-6-12-18)20-16(21)10-9-15-7-3-2-4-8-15/h2-4,7-10,14,23H,5-6,11-13H2,1H3,(H,19,22)(H,20,21)/b10-9+. The largest absolute Gasteiger partial charge is 0.388 e. The Kier molecular flexibility index (Phi) is 5.93. The fraction of sp³-hybridized carbons (Fsp3) is 0.444. The van der Waals surface area contributed by atoms with Crippen LogP contribution in [0.4, 0.5) is 0 Å². The maximum Gasteiger partial charge on any atom is 0.244 e. The summed E-state index contributed by atoms with van der Waals surface area (Å²) in [6.07, 6.45) is 6.51. The van der Waals surface area contributed by atoms with Crippen LogP contribution in [0.1, 0.15) is 38.2 Å². The Balaban J connectivity index is 1.76. The van der Waals surface area contributed by atoms with Crippen molar-refractivity contribution in [2.45, 2.75) is 44.2 Å². The molecule has 23 heavy (non-hydrogen) atoms. The molecule has 1 aliphatic rings. The number of nitrogens with one attached hydrogen (secondary N) is 2. The zero-order valence-electron chi connectivity index (χ0n) is 13.4. The summed E-state index contributed by atoms with van der Waals surface area (Å²) in [4.78, 5) is 23.8. The second kappa shape index (κ2) is 7.92. The number of carbonyl (C=O) groups is 2. The third-order valence-electron chi connectivity index (χ3n) is 4.10. The molecule has 1 aliphatic carbocycles. The molecule has 1 aromatic rings. The van der Waals surface area contributed by atoms with Gasteiger partial charge in [-0.3, -0.25) is 9.59 Å². The lowest BCUT2D eigenvalue weighted by Gasteiger charge is -2.23. The molecule has 124 valence electrons. The third-order valence-corrected chi connectivity index (χ3v) is 4.10. The van der Waals surface area contributed by atoms with Gasteiger partial charge >= 0.3 is 0 Å². The summed E-state index contributed by atoms with van der Waals surface area (Å²) in [5.74, 6) is -0.608. The van der Waals surface area contributed by atoms with E-state index in [1.807, 2.05) is 30.3 Å². The number of benzene rings is 1. The molecule has 0 aromatic heterocycles. The van der Waals surface area contributed by atoms with Crippen LogP contribution in [0.2, 0.25) is 0 Å². The minimum atomic E-state index is -0.785. The maximum absolute atomic E-state index is 12.0. The van der Waals surface area contributed by atoms with E-state index in [1.165, 1.54) is 6.08 Å². The SMILES string of the molecule is CC(NC(=O)/C=C/c1ccccc1)C(=O)NCC1(O)CCCC1. The van der Waals surface area contributed by atoms with Crippen LogP contribution in [-0.4, -0.2) is 35.1 Å².